The Morgan fingerprint density at radius 1 is 1.34 bits per heavy atom. The zero-order chi connectivity index (χ0) is 20.1. The topological polar surface area (TPSA) is 92.1 Å². The van der Waals surface area contributed by atoms with Crippen molar-refractivity contribution >= 4 is 16.9 Å². The molecule has 2 N–H and O–H groups in total. The molecule has 0 radical (unpaired) electrons. The van der Waals surface area contributed by atoms with Crippen LogP contribution >= 0.6 is 0 Å². The molecule has 0 bridgehead atoms. The lowest BCUT2D eigenvalue weighted by Crippen LogP contribution is -2.26. The SMILES string of the molecule is Cn1cc(-c2nc3cc(C[C@H](C(N)=O)C4CC4)cc4c3n2CCCO4)ccc1=O. The Balaban J connectivity index is 1.63. The first-order chi connectivity index (χ1) is 14.0. The summed E-state index contributed by atoms with van der Waals surface area (Å²) in [4.78, 5) is 28.6. The summed E-state index contributed by atoms with van der Waals surface area (Å²) >= 11 is 0. The number of amides is 1. The van der Waals surface area contributed by atoms with Crippen molar-refractivity contribution in [2.75, 3.05) is 6.61 Å². The third-order valence-corrected chi connectivity index (χ3v) is 6.01. The van der Waals surface area contributed by atoms with E-state index in [1.165, 1.54) is 0 Å². The molecule has 1 atom stereocenters. The van der Waals surface area contributed by atoms with E-state index in [2.05, 4.69) is 4.57 Å². The number of imidazole rings is 1. The van der Waals surface area contributed by atoms with E-state index in [0.717, 1.165) is 59.5 Å². The number of hydrogen-bond donors (Lipinski definition) is 1. The molecule has 5 rings (SSSR count). The van der Waals surface area contributed by atoms with Gasteiger partial charge in [-0.25, -0.2) is 4.98 Å². The maximum Gasteiger partial charge on any atom is 0.250 e. The molecule has 2 aliphatic rings. The quantitative estimate of drug-likeness (QED) is 0.721. The fraction of sp³-hybridized carbons (Fsp3) is 0.409. The summed E-state index contributed by atoms with van der Waals surface area (Å²) < 4.78 is 9.78. The van der Waals surface area contributed by atoms with Gasteiger partial charge in [-0.2, -0.15) is 0 Å². The minimum Gasteiger partial charge on any atom is -0.491 e. The predicted molar refractivity (Wildman–Crippen MR) is 110 cm³/mol. The van der Waals surface area contributed by atoms with E-state index in [1.807, 2.05) is 24.4 Å². The molecule has 3 heterocycles. The Hall–Kier alpha value is -3.09. The molecule has 3 aromatic rings. The number of aromatic nitrogens is 3. The van der Waals surface area contributed by atoms with Crippen LogP contribution in [-0.2, 0) is 24.8 Å². The molecule has 0 unspecified atom stereocenters. The Kier molecular flexibility index (Phi) is 4.19. The van der Waals surface area contributed by atoms with Gasteiger partial charge in [0.15, 0.2) is 0 Å². The lowest BCUT2D eigenvalue weighted by atomic mass is 9.94. The fourth-order valence-electron chi connectivity index (χ4n) is 4.33. The van der Waals surface area contributed by atoms with E-state index >= 15 is 0 Å². The number of benzene rings is 1. The first kappa shape index (κ1) is 18.0. The monoisotopic (exact) mass is 392 g/mol. The van der Waals surface area contributed by atoms with E-state index in [-0.39, 0.29) is 17.4 Å². The van der Waals surface area contributed by atoms with E-state index in [1.54, 1.807) is 17.7 Å². The van der Waals surface area contributed by atoms with Crippen molar-refractivity contribution in [3.05, 3.63) is 46.4 Å². The number of nitrogens with two attached hydrogens (primary N) is 1. The van der Waals surface area contributed by atoms with Crippen LogP contribution in [0.5, 0.6) is 5.75 Å². The lowest BCUT2D eigenvalue weighted by Gasteiger charge is -2.13. The van der Waals surface area contributed by atoms with Gasteiger partial charge in [-0.3, -0.25) is 9.59 Å². The smallest absolute Gasteiger partial charge is 0.250 e. The van der Waals surface area contributed by atoms with Crippen molar-refractivity contribution in [2.24, 2.45) is 24.6 Å². The predicted octanol–water partition coefficient (Wildman–Crippen LogP) is 2.24. The van der Waals surface area contributed by atoms with Crippen LogP contribution in [0.1, 0.15) is 24.8 Å². The van der Waals surface area contributed by atoms with Crippen LogP contribution in [-0.4, -0.2) is 26.6 Å². The van der Waals surface area contributed by atoms with Crippen LogP contribution in [0, 0.1) is 11.8 Å². The number of ether oxygens (including phenoxy) is 1. The molecule has 2 aromatic heterocycles. The third kappa shape index (κ3) is 3.20. The number of pyridine rings is 1. The molecule has 1 fully saturated rings. The summed E-state index contributed by atoms with van der Waals surface area (Å²) in [5.41, 5.74) is 9.35. The van der Waals surface area contributed by atoms with E-state index in [4.69, 9.17) is 15.5 Å². The van der Waals surface area contributed by atoms with Gasteiger partial charge in [0.05, 0.1) is 12.1 Å². The van der Waals surface area contributed by atoms with Crippen LogP contribution < -0.4 is 16.0 Å². The highest BCUT2D eigenvalue weighted by Gasteiger charge is 2.35. The number of hydrogen-bond acceptors (Lipinski definition) is 4. The molecule has 1 aliphatic heterocycles. The standard InChI is InChI=1S/C22H24N4O3/c1-25-12-15(5-6-19(25)27)22-24-17-10-13(9-16(21(23)28)14-3-4-14)11-18-20(17)26(22)7-2-8-29-18/h5-6,10-12,14,16H,2-4,7-9H2,1H3,(H2,23,28)/t16-/m0/s1. The fourth-order valence-corrected chi connectivity index (χ4v) is 4.33. The van der Waals surface area contributed by atoms with Crippen LogP contribution in [0.2, 0.25) is 0 Å². The third-order valence-electron chi connectivity index (χ3n) is 6.01. The molecule has 1 aromatic carbocycles. The maximum absolute atomic E-state index is 11.9. The minimum absolute atomic E-state index is 0.0513. The minimum atomic E-state index is -0.226. The Morgan fingerprint density at radius 2 is 2.17 bits per heavy atom. The zero-order valence-corrected chi connectivity index (χ0v) is 16.4. The highest BCUT2D eigenvalue weighted by atomic mass is 16.5. The Morgan fingerprint density at radius 3 is 2.90 bits per heavy atom. The molecule has 7 nitrogen and oxygen atoms in total. The van der Waals surface area contributed by atoms with Crippen molar-refractivity contribution in [1.82, 2.24) is 14.1 Å². The lowest BCUT2D eigenvalue weighted by molar-refractivity contribution is -0.122. The van der Waals surface area contributed by atoms with Crippen molar-refractivity contribution < 1.29 is 9.53 Å². The number of carbonyl (C=O) groups is 1. The first-order valence-electron chi connectivity index (χ1n) is 10.1. The highest BCUT2D eigenvalue weighted by Crippen LogP contribution is 2.40. The number of rotatable bonds is 5. The second kappa shape index (κ2) is 6.76. The van der Waals surface area contributed by atoms with Gasteiger partial charge < -0.3 is 19.6 Å². The van der Waals surface area contributed by atoms with E-state index in [0.29, 0.717) is 18.9 Å². The van der Waals surface area contributed by atoms with Gasteiger partial charge in [-0.05, 0) is 55.4 Å². The van der Waals surface area contributed by atoms with Crippen LogP contribution in [0.25, 0.3) is 22.4 Å². The van der Waals surface area contributed by atoms with Gasteiger partial charge in [-0.1, -0.05) is 0 Å². The number of primary amides is 1. The molecule has 0 saturated heterocycles. The van der Waals surface area contributed by atoms with Crippen molar-refractivity contribution in [3.8, 4) is 17.1 Å². The van der Waals surface area contributed by atoms with Crippen LogP contribution in [0.4, 0.5) is 0 Å². The van der Waals surface area contributed by atoms with Gasteiger partial charge in [-0.15, -0.1) is 0 Å². The molecule has 1 amide bonds. The number of aryl methyl sites for hydroxylation is 2. The highest BCUT2D eigenvalue weighted by molar-refractivity contribution is 5.87. The number of nitrogens with zero attached hydrogens (tertiary/aromatic N) is 3. The molecule has 1 aliphatic carbocycles. The second-order valence-corrected chi connectivity index (χ2v) is 8.17. The van der Waals surface area contributed by atoms with Gasteiger partial charge >= 0.3 is 0 Å². The molecule has 0 spiro atoms. The van der Waals surface area contributed by atoms with E-state index in [9.17, 15) is 9.59 Å². The summed E-state index contributed by atoms with van der Waals surface area (Å²) in [5, 5.41) is 0. The van der Waals surface area contributed by atoms with Gasteiger partial charge in [0, 0.05) is 37.3 Å². The van der Waals surface area contributed by atoms with Crippen molar-refractivity contribution in [1.29, 1.82) is 0 Å². The first-order valence-corrected chi connectivity index (χ1v) is 10.1. The normalized spacial score (nSPS) is 17.0. The van der Waals surface area contributed by atoms with Crippen LogP contribution in [0.15, 0.2) is 35.3 Å². The summed E-state index contributed by atoms with van der Waals surface area (Å²) in [6.07, 6.45) is 5.46. The van der Waals surface area contributed by atoms with Crippen molar-refractivity contribution in [3.63, 3.8) is 0 Å². The average molecular weight is 392 g/mol. The second-order valence-electron chi connectivity index (χ2n) is 8.17. The summed E-state index contributed by atoms with van der Waals surface area (Å²) in [7, 11) is 1.74. The van der Waals surface area contributed by atoms with E-state index < -0.39 is 0 Å². The summed E-state index contributed by atoms with van der Waals surface area (Å²) in [6, 6.07) is 7.46. The maximum atomic E-state index is 11.9. The zero-order valence-electron chi connectivity index (χ0n) is 16.4. The van der Waals surface area contributed by atoms with Crippen molar-refractivity contribution in [2.45, 2.75) is 32.2 Å². The summed E-state index contributed by atoms with van der Waals surface area (Å²) in [5.74, 6) is 1.68. The van der Waals surface area contributed by atoms with Crippen LogP contribution in [0.3, 0.4) is 0 Å². The molecule has 7 heteroatoms. The molecular formula is C22H24N4O3. The molecule has 1 saturated carbocycles. The molecular weight excluding hydrogens is 368 g/mol. The van der Waals surface area contributed by atoms with Gasteiger partial charge in [0.1, 0.15) is 17.1 Å². The average Bonchev–Trinajstić information content (AvgIpc) is 3.48. The Labute approximate surface area is 168 Å². The molecule has 150 valence electrons. The molecule has 29 heavy (non-hydrogen) atoms. The van der Waals surface area contributed by atoms with Gasteiger partial charge in [0.25, 0.3) is 0 Å². The van der Waals surface area contributed by atoms with Gasteiger partial charge in [0.2, 0.25) is 11.5 Å². The summed E-state index contributed by atoms with van der Waals surface area (Å²) in [6.45, 7) is 1.43. The Bertz CT molecular complexity index is 1170. The number of carbonyl (C=O) groups excluding carboxylic acids is 1. The largest absolute Gasteiger partial charge is 0.491 e.